The maximum atomic E-state index is 12.7. The van der Waals surface area contributed by atoms with Crippen LogP contribution in [0.25, 0.3) is 22.0 Å². The van der Waals surface area contributed by atoms with E-state index in [1.807, 2.05) is 49.4 Å². The zero-order valence-electron chi connectivity index (χ0n) is 14.2. The third-order valence-electron chi connectivity index (χ3n) is 4.10. The first-order chi connectivity index (χ1) is 12.7. The molecule has 0 saturated carbocycles. The Bertz CT molecular complexity index is 1110. The van der Waals surface area contributed by atoms with E-state index >= 15 is 0 Å². The summed E-state index contributed by atoms with van der Waals surface area (Å²) in [5.74, 6) is 0. The summed E-state index contributed by atoms with van der Waals surface area (Å²) < 4.78 is 0. The summed E-state index contributed by atoms with van der Waals surface area (Å²) in [5.41, 5.74) is 4.21. The van der Waals surface area contributed by atoms with E-state index in [1.54, 1.807) is 24.5 Å². The predicted molar refractivity (Wildman–Crippen MR) is 98.5 cm³/mol. The van der Waals surface area contributed by atoms with Crippen LogP contribution in [0.15, 0.2) is 71.8 Å². The van der Waals surface area contributed by atoms with Crippen molar-refractivity contribution in [3.8, 4) is 11.1 Å². The van der Waals surface area contributed by atoms with Crippen molar-refractivity contribution in [2.24, 2.45) is 0 Å². The van der Waals surface area contributed by atoms with Crippen molar-refractivity contribution in [2.75, 3.05) is 0 Å². The molecule has 0 aliphatic heterocycles. The van der Waals surface area contributed by atoms with Crippen LogP contribution < -0.4 is 10.4 Å². The van der Waals surface area contributed by atoms with E-state index in [-0.39, 0.29) is 12.2 Å². The summed E-state index contributed by atoms with van der Waals surface area (Å²) in [6.45, 7) is 2.23. The van der Waals surface area contributed by atoms with Crippen molar-refractivity contribution in [3.05, 3.63) is 88.5 Å². The highest BCUT2D eigenvalue weighted by atomic mass is 16.7. The second kappa shape index (κ2) is 6.76. The third kappa shape index (κ3) is 3.17. The van der Waals surface area contributed by atoms with E-state index in [9.17, 15) is 4.79 Å². The lowest BCUT2D eigenvalue weighted by Gasteiger charge is -2.08. The quantitative estimate of drug-likeness (QED) is 0.569. The zero-order valence-corrected chi connectivity index (χ0v) is 14.2. The molecule has 0 bridgehead atoms. The van der Waals surface area contributed by atoms with E-state index in [1.165, 1.54) is 5.56 Å². The monoisotopic (exact) mass is 344 g/mol. The molecule has 0 amide bonds. The van der Waals surface area contributed by atoms with Gasteiger partial charge in [-0.3, -0.25) is 9.78 Å². The van der Waals surface area contributed by atoms with Crippen molar-refractivity contribution in [1.82, 2.24) is 20.1 Å². The molecule has 26 heavy (non-hydrogen) atoms. The minimum atomic E-state index is -0.340. The maximum absolute atomic E-state index is 12.7. The molecule has 0 spiro atoms. The number of pyridine rings is 1. The topological polar surface area (TPSA) is 69.9 Å². The lowest BCUT2D eigenvalue weighted by Crippen LogP contribution is -2.30. The summed E-state index contributed by atoms with van der Waals surface area (Å²) in [7, 11) is 0. The Labute approximate surface area is 149 Å². The smallest absolute Gasteiger partial charge is 0.314 e. The van der Waals surface area contributed by atoms with Crippen LogP contribution >= 0.6 is 0 Å². The van der Waals surface area contributed by atoms with E-state index in [0.29, 0.717) is 10.9 Å². The van der Waals surface area contributed by atoms with Gasteiger partial charge in [-0.25, -0.2) is 0 Å². The van der Waals surface area contributed by atoms with Gasteiger partial charge in [0.2, 0.25) is 0 Å². The molecule has 0 fully saturated rings. The highest BCUT2D eigenvalue weighted by Gasteiger charge is 2.09. The van der Waals surface area contributed by atoms with Gasteiger partial charge in [-0.2, -0.15) is 0 Å². The van der Waals surface area contributed by atoms with Gasteiger partial charge in [0, 0.05) is 18.0 Å². The van der Waals surface area contributed by atoms with Crippen LogP contribution in [0.2, 0.25) is 0 Å². The predicted octanol–water partition coefficient (Wildman–Crippen LogP) is 2.79. The molecule has 0 unspecified atom stereocenters. The fourth-order valence-corrected chi connectivity index (χ4v) is 2.66. The van der Waals surface area contributed by atoms with E-state index in [2.05, 4.69) is 15.3 Å². The van der Waals surface area contributed by atoms with Gasteiger partial charge in [0.05, 0.1) is 5.39 Å². The van der Waals surface area contributed by atoms with Crippen molar-refractivity contribution >= 4 is 10.9 Å². The molecule has 0 atom stereocenters. The average molecular weight is 344 g/mol. The second-order valence-electron chi connectivity index (χ2n) is 6.00. The molecular weight excluding hydrogens is 328 g/mol. The highest BCUT2D eigenvalue weighted by Crippen LogP contribution is 2.22. The van der Waals surface area contributed by atoms with Crippen LogP contribution in [0, 0.1) is 6.92 Å². The van der Waals surface area contributed by atoms with Crippen LogP contribution in [0.4, 0.5) is 0 Å². The first-order valence-electron chi connectivity index (χ1n) is 8.20. The molecule has 0 aliphatic carbocycles. The number of aromatic nitrogens is 4. The lowest BCUT2D eigenvalue weighted by atomic mass is 10.0. The van der Waals surface area contributed by atoms with Crippen molar-refractivity contribution < 1.29 is 4.84 Å². The Balaban J connectivity index is 1.69. The Kier molecular flexibility index (Phi) is 4.15. The number of hydrogen-bond donors (Lipinski definition) is 0. The molecule has 4 aromatic rings. The van der Waals surface area contributed by atoms with Crippen LogP contribution in [-0.2, 0) is 6.61 Å². The molecule has 6 nitrogen and oxygen atoms in total. The molecule has 2 aromatic heterocycles. The van der Waals surface area contributed by atoms with Gasteiger partial charge in [-0.15, -0.1) is 5.10 Å². The van der Waals surface area contributed by atoms with Crippen molar-refractivity contribution in [1.29, 1.82) is 0 Å². The third-order valence-corrected chi connectivity index (χ3v) is 4.10. The molecule has 2 aromatic carbocycles. The Hall–Kier alpha value is -3.54. The molecule has 4 rings (SSSR count). The molecule has 6 heteroatoms. The average Bonchev–Trinajstić information content (AvgIpc) is 2.69. The first-order valence-corrected chi connectivity index (χ1v) is 8.20. The Morgan fingerprint density at radius 3 is 2.62 bits per heavy atom. The fourth-order valence-electron chi connectivity index (χ4n) is 2.66. The van der Waals surface area contributed by atoms with Crippen LogP contribution in [0.5, 0.6) is 0 Å². The largest absolute Gasteiger partial charge is 0.387 e. The normalized spacial score (nSPS) is 10.8. The molecule has 128 valence electrons. The summed E-state index contributed by atoms with van der Waals surface area (Å²) in [6, 6.07) is 17.4. The number of nitrogens with zero attached hydrogens (tertiary/aromatic N) is 4. The van der Waals surface area contributed by atoms with Gasteiger partial charge < -0.3 is 4.84 Å². The van der Waals surface area contributed by atoms with Gasteiger partial charge in [-0.1, -0.05) is 42.0 Å². The molecule has 0 aliphatic rings. The van der Waals surface area contributed by atoms with Crippen molar-refractivity contribution in [2.45, 2.75) is 13.5 Å². The molecule has 0 radical (unpaired) electrons. The fraction of sp³-hybridized carbons (Fsp3) is 0.100. The van der Waals surface area contributed by atoms with Gasteiger partial charge in [0.25, 0.3) is 0 Å². The van der Waals surface area contributed by atoms with Gasteiger partial charge in [-0.05, 0) is 46.3 Å². The first kappa shape index (κ1) is 16.0. The van der Waals surface area contributed by atoms with Gasteiger partial charge >= 0.3 is 5.56 Å². The van der Waals surface area contributed by atoms with Crippen molar-refractivity contribution in [3.63, 3.8) is 0 Å². The number of rotatable bonds is 4. The minimum Gasteiger partial charge on any atom is -0.387 e. The Morgan fingerprint density at radius 2 is 1.85 bits per heavy atom. The van der Waals surface area contributed by atoms with Crippen LogP contribution in [-0.4, -0.2) is 20.1 Å². The molecule has 0 N–H and O–H groups in total. The van der Waals surface area contributed by atoms with Gasteiger partial charge in [0.1, 0.15) is 12.1 Å². The highest BCUT2D eigenvalue weighted by molar-refractivity contribution is 5.83. The molecule has 2 heterocycles. The van der Waals surface area contributed by atoms with E-state index in [4.69, 9.17) is 4.84 Å². The minimum absolute atomic E-state index is 0.186. The van der Waals surface area contributed by atoms with E-state index in [0.717, 1.165) is 21.5 Å². The summed E-state index contributed by atoms with van der Waals surface area (Å²) >= 11 is 0. The second-order valence-corrected chi connectivity index (χ2v) is 6.00. The van der Waals surface area contributed by atoms with Gasteiger partial charge in [0.15, 0.2) is 0 Å². The zero-order chi connectivity index (χ0) is 17.9. The van der Waals surface area contributed by atoms with E-state index < -0.39 is 0 Å². The number of hydrogen-bond acceptors (Lipinski definition) is 5. The Morgan fingerprint density at radius 1 is 1.04 bits per heavy atom. The lowest BCUT2D eigenvalue weighted by molar-refractivity contribution is 0.0548. The maximum Gasteiger partial charge on any atom is 0.314 e. The molecular formula is C20H16N4O2. The number of fused-ring (bicyclic) bond motifs is 1. The van der Waals surface area contributed by atoms with Crippen LogP contribution in [0.3, 0.4) is 0 Å². The summed E-state index contributed by atoms with van der Waals surface area (Å²) in [4.78, 5) is 23.1. The number of aryl methyl sites for hydroxylation is 1. The summed E-state index contributed by atoms with van der Waals surface area (Å²) in [6.07, 6.45) is 3.35. The summed E-state index contributed by atoms with van der Waals surface area (Å²) in [5, 5.41) is 8.38. The SMILES string of the molecule is Cc1ccc(-c2ccc3nnn(OCc4cccnc4)c(=O)c3c2)cc1. The molecule has 0 saturated heterocycles. The standard InChI is InChI=1S/C20H16N4O2/c1-14-4-6-16(7-5-14)17-8-9-19-18(11-17)20(25)24(23-22-19)26-13-15-3-2-10-21-12-15/h2-12H,13H2,1H3. The number of benzene rings is 2. The van der Waals surface area contributed by atoms with Crippen LogP contribution in [0.1, 0.15) is 11.1 Å².